The Morgan fingerprint density at radius 2 is 2.04 bits per heavy atom. The van der Waals surface area contributed by atoms with Crippen molar-refractivity contribution in [3.05, 3.63) is 82.8 Å². The second-order valence-corrected chi connectivity index (χ2v) is 6.07. The van der Waals surface area contributed by atoms with Crippen LogP contribution >= 0.6 is 0 Å². The standard InChI is InChI=1S/C21H18FN3O2/c1-14-10-16(15(2)25(14)19-7-5-18(22)6-8-19)11-17(12-23)21(26)24-13-20-4-3-9-27-20/h3-11H,13H2,1-2H3,(H,24,26)/b17-11-. The minimum absolute atomic E-state index is 0.000845. The third kappa shape index (κ3) is 3.98. The van der Waals surface area contributed by atoms with Gasteiger partial charge in [0.1, 0.15) is 23.2 Å². The van der Waals surface area contributed by atoms with Gasteiger partial charge in [0.2, 0.25) is 0 Å². The molecule has 0 unspecified atom stereocenters. The summed E-state index contributed by atoms with van der Waals surface area (Å²) in [5, 5.41) is 12.0. The van der Waals surface area contributed by atoms with Crippen molar-refractivity contribution in [2.24, 2.45) is 0 Å². The van der Waals surface area contributed by atoms with Gasteiger partial charge in [-0.25, -0.2) is 4.39 Å². The van der Waals surface area contributed by atoms with Crippen LogP contribution in [0.2, 0.25) is 0 Å². The zero-order valence-electron chi connectivity index (χ0n) is 15.0. The van der Waals surface area contributed by atoms with Gasteiger partial charge in [-0.3, -0.25) is 4.79 Å². The van der Waals surface area contributed by atoms with Gasteiger partial charge >= 0.3 is 0 Å². The van der Waals surface area contributed by atoms with E-state index in [1.165, 1.54) is 18.4 Å². The predicted molar refractivity (Wildman–Crippen MR) is 99.3 cm³/mol. The van der Waals surface area contributed by atoms with Crippen LogP contribution in [-0.2, 0) is 11.3 Å². The lowest BCUT2D eigenvalue weighted by Gasteiger charge is -2.09. The van der Waals surface area contributed by atoms with Crippen LogP contribution < -0.4 is 5.32 Å². The Hall–Kier alpha value is -3.59. The Balaban J connectivity index is 1.86. The fraction of sp³-hybridized carbons (Fsp3) is 0.143. The van der Waals surface area contributed by atoms with Crippen LogP contribution in [0.1, 0.15) is 22.7 Å². The first-order valence-electron chi connectivity index (χ1n) is 8.37. The smallest absolute Gasteiger partial charge is 0.262 e. The van der Waals surface area contributed by atoms with Crippen LogP contribution in [0.15, 0.2) is 58.7 Å². The number of carbonyl (C=O) groups is 1. The molecule has 5 nitrogen and oxygen atoms in total. The number of rotatable bonds is 5. The Morgan fingerprint density at radius 1 is 1.30 bits per heavy atom. The number of nitriles is 1. The summed E-state index contributed by atoms with van der Waals surface area (Å²) in [6, 6.07) is 13.5. The fourth-order valence-electron chi connectivity index (χ4n) is 2.90. The lowest BCUT2D eigenvalue weighted by Crippen LogP contribution is -2.23. The van der Waals surface area contributed by atoms with Crippen molar-refractivity contribution < 1.29 is 13.6 Å². The second kappa shape index (κ2) is 7.75. The molecule has 1 N–H and O–H groups in total. The van der Waals surface area contributed by atoms with Gasteiger partial charge in [-0.1, -0.05) is 0 Å². The van der Waals surface area contributed by atoms with Gasteiger partial charge in [-0.05, 0) is 68.0 Å². The fourth-order valence-corrected chi connectivity index (χ4v) is 2.90. The summed E-state index contributed by atoms with van der Waals surface area (Å²) < 4.78 is 20.3. The molecule has 0 aliphatic rings. The molecule has 0 saturated heterocycles. The van der Waals surface area contributed by atoms with Gasteiger partial charge in [-0.2, -0.15) is 5.26 Å². The first-order valence-corrected chi connectivity index (χ1v) is 8.37. The summed E-state index contributed by atoms with van der Waals surface area (Å²) in [6.07, 6.45) is 3.08. The van der Waals surface area contributed by atoms with Crippen LogP contribution in [-0.4, -0.2) is 10.5 Å². The summed E-state index contributed by atoms with van der Waals surface area (Å²) in [7, 11) is 0. The molecule has 0 atom stereocenters. The first-order chi connectivity index (χ1) is 13.0. The van der Waals surface area contributed by atoms with Gasteiger partial charge < -0.3 is 14.3 Å². The van der Waals surface area contributed by atoms with E-state index in [9.17, 15) is 14.4 Å². The summed E-state index contributed by atoms with van der Waals surface area (Å²) in [6.45, 7) is 4.01. The number of carbonyl (C=O) groups excluding carboxylic acids is 1. The number of benzene rings is 1. The largest absolute Gasteiger partial charge is 0.467 e. The van der Waals surface area contributed by atoms with Crippen LogP contribution in [0.3, 0.4) is 0 Å². The molecule has 3 rings (SSSR count). The molecule has 27 heavy (non-hydrogen) atoms. The zero-order chi connectivity index (χ0) is 19.4. The molecule has 0 fully saturated rings. The molecule has 0 radical (unpaired) electrons. The number of hydrogen-bond acceptors (Lipinski definition) is 3. The number of halogens is 1. The molecule has 136 valence electrons. The maximum Gasteiger partial charge on any atom is 0.262 e. The monoisotopic (exact) mass is 363 g/mol. The number of amides is 1. The third-order valence-corrected chi connectivity index (χ3v) is 4.22. The lowest BCUT2D eigenvalue weighted by atomic mass is 10.1. The van der Waals surface area contributed by atoms with Crippen LogP contribution in [0.4, 0.5) is 4.39 Å². The van der Waals surface area contributed by atoms with Crippen LogP contribution in [0.5, 0.6) is 0 Å². The quantitative estimate of drug-likeness (QED) is 0.549. The topological polar surface area (TPSA) is 71.0 Å². The van der Waals surface area contributed by atoms with Gasteiger partial charge in [0, 0.05) is 17.1 Å². The highest BCUT2D eigenvalue weighted by Crippen LogP contribution is 2.23. The normalized spacial score (nSPS) is 11.3. The van der Waals surface area contributed by atoms with E-state index in [0.717, 1.165) is 22.6 Å². The average Bonchev–Trinajstić information content (AvgIpc) is 3.27. The molecule has 3 aromatic rings. The Labute approximate surface area is 156 Å². The zero-order valence-corrected chi connectivity index (χ0v) is 15.0. The second-order valence-electron chi connectivity index (χ2n) is 6.07. The maximum atomic E-state index is 13.2. The Kier molecular flexibility index (Phi) is 5.23. The number of aryl methyl sites for hydroxylation is 1. The van der Waals surface area contributed by atoms with E-state index in [2.05, 4.69) is 5.32 Å². The van der Waals surface area contributed by atoms with Crippen molar-refractivity contribution in [1.82, 2.24) is 9.88 Å². The van der Waals surface area contributed by atoms with Gasteiger partial charge in [0.25, 0.3) is 5.91 Å². The number of aromatic nitrogens is 1. The molecular formula is C21H18FN3O2. The minimum atomic E-state index is -0.472. The van der Waals surface area contributed by atoms with Crippen molar-refractivity contribution in [2.75, 3.05) is 0 Å². The molecular weight excluding hydrogens is 345 g/mol. The van der Waals surface area contributed by atoms with Gasteiger partial charge in [-0.15, -0.1) is 0 Å². The van der Waals surface area contributed by atoms with Crippen molar-refractivity contribution >= 4 is 12.0 Å². The molecule has 0 spiro atoms. The van der Waals surface area contributed by atoms with Gasteiger partial charge in [0.15, 0.2) is 0 Å². The van der Waals surface area contributed by atoms with E-state index in [-0.39, 0.29) is 17.9 Å². The number of hydrogen-bond donors (Lipinski definition) is 1. The molecule has 2 aromatic heterocycles. The number of furan rings is 1. The third-order valence-electron chi connectivity index (χ3n) is 4.22. The highest BCUT2D eigenvalue weighted by Gasteiger charge is 2.14. The van der Waals surface area contributed by atoms with E-state index in [1.54, 1.807) is 30.3 Å². The SMILES string of the molecule is Cc1cc(/C=C(/C#N)C(=O)NCc2ccco2)c(C)n1-c1ccc(F)cc1. The first kappa shape index (κ1) is 18.2. The lowest BCUT2D eigenvalue weighted by molar-refractivity contribution is -0.117. The molecule has 0 aliphatic carbocycles. The maximum absolute atomic E-state index is 13.2. The molecule has 1 aromatic carbocycles. The van der Waals surface area contributed by atoms with Crippen molar-refractivity contribution in [3.8, 4) is 11.8 Å². The van der Waals surface area contributed by atoms with E-state index >= 15 is 0 Å². The molecule has 1 amide bonds. The average molecular weight is 363 g/mol. The van der Waals surface area contributed by atoms with Crippen molar-refractivity contribution in [2.45, 2.75) is 20.4 Å². The summed E-state index contributed by atoms with van der Waals surface area (Å²) >= 11 is 0. The van der Waals surface area contributed by atoms with Crippen molar-refractivity contribution in [3.63, 3.8) is 0 Å². The van der Waals surface area contributed by atoms with Crippen molar-refractivity contribution in [1.29, 1.82) is 5.26 Å². The van der Waals surface area contributed by atoms with E-state index in [4.69, 9.17) is 4.42 Å². The highest BCUT2D eigenvalue weighted by molar-refractivity contribution is 6.01. The molecule has 0 aliphatic heterocycles. The van der Waals surface area contributed by atoms with Crippen LogP contribution in [0, 0.1) is 31.0 Å². The number of nitrogens with one attached hydrogen (secondary N) is 1. The summed E-state index contributed by atoms with van der Waals surface area (Å²) in [4.78, 5) is 12.3. The molecule has 6 heteroatoms. The Bertz CT molecular complexity index is 1020. The predicted octanol–water partition coefficient (Wildman–Crippen LogP) is 4.05. The Morgan fingerprint density at radius 3 is 2.67 bits per heavy atom. The molecule has 2 heterocycles. The molecule has 0 saturated carbocycles. The van der Waals surface area contributed by atoms with E-state index in [1.807, 2.05) is 30.6 Å². The summed E-state index contributed by atoms with van der Waals surface area (Å²) in [5.41, 5.74) is 3.33. The van der Waals surface area contributed by atoms with E-state index < -0.39 is 5.91 Å². The highest BCUT2D eigenvalue weighted by atomic mass is 19.1. The summed E-state index contributed by atoms with van der Waals surface area (Å²) in [5.74, 6) is -0.170. The van der Waals surface area contributed by atoms with Crippen LogP contribution in [0.25, 0.3) is 11.8 Å². The van der Waals surface area contributed by atoms with E-state index in [0.29, 0.717) is 5.76 Å². The minimum Gasteiger partial charge on any atom is -0.467 e. The van der Waals surface area contributed by atoms with Gasteiger partial charge in [0.05, 0.1) is 12.8 Å². The number of nitrogens with zero attached hydrogens (tertiary/aromatic N) is 2. The molecule has 0 bridgehead atoms.